The highest BCUT2D eigenvalue weighted by molar-refractivity contribution is 7.99. The Labute approximate surface area is 313 Å². The summed E-state index contributed by atoms with van der Waals surface area (Å²) in [6.07, 6.45) is 8.65. The molecule has 8 aromatic rings. The molecule has 0 saturated heterocycles. The maximum Gasteiger partial charge on any atom is 0.0736 e. The highest BCUT2D eigenvalue weighted by Gasteiger charge is 2.51. The Morgan fingerprint density at radius 1 is 0.509 bits per heavy atom. The lowest BCUT2D eigenvalue weighted by Crippen LogP contribution is -2.32. The van der Waals surface area contributed by atoms with Gasteiger partial charge in [-0.25, -0.2) is 0 Å². The molecule has 1 unspecified atom stereocenters. The van der Waals surface area contributed by atoms with Crippen LogP contribution in [0.4, 0.5) is 11.4 Å². The second-order valence-electron chi connectivity index (χ2n) is 14.1. The van der Waals surface area contributed by atoms with Crippen LogP contribution in [0.5, 0.6) is 0 Å². The highest BCUT2D eigenvalue weighted by Crippen LogP contribution is 2.63. The number of hydrogen-bond acceptors (Lipinski definition) is 2. The van der Waals surface area contributed by atoms with Gasteiger partial charge in [-0.05, 0) is 99.6 Å². The molecule has 7 aromatic carbocycles. The minimum absolute atomic E-state index is 0.539. The summed E-state index contributed by atoms with van der Waals surface area (Å²) in [5, 5.41) is 2.54. The number of anilines is 2. The van der Waals surface area contributed by atoms with E-state index in [9.17, 15) is 0 Å². The second-order valence-corrected chi connectivity index (χ2v) is 15.2. The van der Waals surface area contributed by atoms with E-state index in [1.165, 1.54) is 76.4 Å². The monoisotopic (exact) mass is 694 g/mol. The molecule has 53 heavy (non-hydrogen) atoms. The van der Waals surface area contributed by atoms with Crippen molar-refractivity contribution in [1.29, 1.82) is 0 Å². The van der Waals surface area contributed by atoms with E-state index in [0.29, 0.717) is 0 Å². The first-order chi connectivity index (χ1) is 26.2. The van der Waals surface area contributed by atoms with Gasteiger partial charge in [-0.3, -0.25) is 0 Å². The summed E-state index contributed by atoms with van der Waals surface area (Å²) < 4.78 is 2.45. The summed E-state index contributed by atoms with van der Waals surface area (Å²) in [5.74, 6) is 0. The van der Waals surface area contributed by atoms with Gasteiger partial charge < -0.3 is 9.47 Å². The fourth-order valence-corrected chi connectivity index (χ4v) is 10.4. The third-order valence-electron chi connectivity index (χ3n) is 11.4. The van der Waals surface area contributed by atoms with Gasteiger partial charge in [-0.15, -0.1) is 0 Å². The minimum atomic E-state index is -0.539. The largest absolute Gasteiger partial charge is 0.337 e. The molecule has 11 rings (SSSR count). The number of rotatable bonds is 2. The third-order valence-corrected chi connectivity index (χ3v) is 12.5. The molecule has 0 bridgehead atoms. The molecule has 0 radical (unpaired) electrons. The lowest BCUT2D eigenvalue weighted by atomic mass is 9.66. The van der Waals surface area contributed by atoms with Gasteiger partial charge in [0, 0.05) is 44.0 Å². The Kier molecular flexibility index (Phi) is 6.65. The van der Waals surface area contributed by atoms with Gasteiger partial charge in [0.25, 0.3) is 0 Å². The van der Waals surface area contributed by atoms with Crippen molar-refractivity contribution in [3.63, 3.8) is 0 Å². The molecule has 1 aliphatic carbocycles. The molecule has 1 atom stereocenters. The summed E-state index contributed by atoms with van der Waals surface area (Å²) in [7, 11) is 0. The molecule has 3 aliphatic rings. The molecule has 250 valence electrons. The predicted octanol–water partition coefficient (Wildman–Crippen LogP) is 12.9. The van der Waals surface area contributed by atoms with E-state index in [0.717, 1.165) is 23.4 Å². The molecule has 0 saturated carbocycles. The molecule has 3 heteroatoms. The SMILES string of the molecule is C=C1/C=C\C=C/CN(c2ccccc2)c2cc3c(cc21)C1(c2ccccc2S3)c2ccccc2-c2cc3c4ccccc4n(-c4ccccc4)c3cc21. The predicted molar refractivity (Wildman–Crippen MR) is 223 cm³/mol. The number of hydrogen-bond donors (Lipinski definition) is 0. The fraction of sp³-hybridized carbons (Fsp3) is 0.0400. The zero-order chi connectivity index (χ0) is 35.1. The van der Waals surface area contributed by atoms with Crippen molar-refractivity contribution in [1.82, 2.24) is 4.57 Å². The van der Waals surface area contributed by atoms with Gasteiger partial charge in [0.1, 0.15) is 0 Å². The van der Waals surface area contributed by atoms with Crippen LogP contribution in [0.3, 0.4) is 0 Å². The number of benzene rings is 7. The van der Waals surface area contributed by atoms with Crippen LogP contribution in [0.15, 0.2) is 198 Å². The average Bonchev–Trinajstić information content (AvgIpc) is 3.70. The molecule has 2 aliphatic heterocycles. The van der Waals surface area contributed by atoms with Crippen molar-refractivity contribution in [2.24, 2.45) is 0 Å². The first-order valence-electron chi connectivity index (χ1n) is 18.3. The molecule has 0 fully saturated rings. The number of nitrogens with zero attached hydrogens (tertiary/aromatic N) is 2. The van der Waals surface area contributed by atoms with E-state index in [1.807, 2.05) is 11.8 Å². The fourth-order valence-electron chi connectivity index (χ4n) is 9.19. The first kappa shape index (κ1) is 30.3. The van der Waals surface area contributed by atoms with Crippen LogP contribution in [0.2, 0.25) is 0 Å². The van der Waals surface area contributed by atoms with E-state index in [1.54, 1.807) is 0 Å². The Balaban J connectivity index is 1.28. The highest BCUT2D eigenvalue weighted by atomic mass is 32.2. The van der Waals surface area contributed by atoms with Gasteiger partial charge in [0.15, 0.2) is 0 Å². The molecule has 3 heterocycles. The maximum atomic E-state index is 4.68. The van der Waals surface area contributed by atoms with Crippen molar-refractivity contribution < 1.29 is 0 Å². The summed E-state index contributed by atoms with van der Waals surface area (Å²) >= 11 is 1.89. The van der Waals surface area contributed by atoms with Crippen LogP contribution >= 0.6 is 11.8 Å². The van der Waals surface area contributed by atoms with Crippen LogP contribution in [-0.4, -0.2) is 11.1 Å². The van der Waals surface area contributed by atoms with Crippen LogP contribution < -0.4 is 4.90 Å². The van der Waals surface area contributed by atoms with E-state index < -0.39 is 5.41 Å². The first-order valence-corrected chi connectivity index (χ1v) is 19.1. The summed E-state index contributed by atoms with van der Waals surface area (Å²) in [4.78, 5) is 4.99. The number of allylic oxidation sites excluding steroid dienone is 4. The normalized spacial score (nSPS) is 18.0. The molecular formula is C50H34N2S. The Morgan fingerprint density at radius 2 is 1.23 bits per heavy atom. The van der Waals surface area contributed by atoms with E-state index in [4.69, 9.17) is 0 Å². The van der Waals surface area contributed by atoms with Gasteiger partial charge >= 0.3 is 0 Å². The van der Waals surface area contributed by atoms with Crippen molar-refractivity contribution in [2.45, 2.75) is 15.2 Å². The average molecular weight is 695 g/mol. The van der Waals surface area contributed by atoms with Crippen molar-refractivity contribution >= 4 is 50.5 Å². The maximum absolute atomic E-state index is 4.68. The summed E-state index contributed by atoms with van der Waals surface area (Å²) in [5.41, 5.74) is 15.4. The quantitative estimate of drug-likeness (QED) is 0.178. The van der Waals surface area contributed by atoms with Crippen molar-refractivity contribution in [3.8, 4) is 16.8 Å². The molecule has 1 aromatic heterocycles. The van der Waals surface area contributed by atoms with Crippen LogP contribution in [-0.2, 0) is 5.41 Å². The van der Waals surface area contributed by atoms with Crippen molar-refractivity contribution in [2.75, 3.05) is 11.4 Å². The van der Waals surface area contributed by atoms with E-state index in [-0.39, 0.29) is 0 Å². The smallest absolute Gasteiger partial charge is 0.0736 e. The Bertz CT molecular complexity index is 2860. The van der Waals surface area contributed by atoms with Crippen LogP contribution in [0, 0.1) is 0 Å². The second kappa shape index (κ2) is 11.6. The van der Waals surface area contributed by atoms with Gasteiger partial charge in [-0.2, -0.15) is 0 Å². The molecule has 0 N–H and O–H groups in total. The Hall–Kier alpha value is -6.29. The summed E-state index contributed by atoms with van der Waals surface area (Å²) in [6.45, 7) is 5.43. The third kappa shape index (κ3) is 4.29. The lowest BCUT2D eigenvalue weighted by molar-refractivity contribution is 0.722. The molecule has 2 nitrogen and oxygen atoms in total. The van der Waals surface area contributed by atoms with Crippen molar-refractivity contribution in [3.05, 3.63) is 216 Å². The zero-order valence-electron chi connectivity index (χ0n) is 29.0. The topological polar surface area (TPSA) is 8.17 Å². The number of para-hydroxylation sites is 3. The van der Waals surface area contributed by atoms with Gasteiger partial charge in [0.05, 0.1) is 22.1 Å². The van der Waals surface area contributed by atoms with Gasteiger partial charge in [-0.1, -0.05) is 140 Å². The molecule has 1 spiro atoms. The zero-order valence-corrected chi connectivity index (χ0v) is 29.9. The number of fused-ring (bicyclic) bond motifs is 13. The molecule has 0 amide bonds. The number of aromatic nitrogens is 1. The van der Waals surface area contributed by atoms with Crippen LogP contribution in [0.1, 0.15) is 27.8 Å². The van der Waals surface area contributed by atoms with Gasteiger partial charge in [0.2, 0.25) is 0 Å². The molecular weight excluding hydrogens is 661 g/mol. The lowest BCUT2D eigenvalue weighted by Gasteiger charge is -2.41. The van der Waals surface area contributed by atoms with E-state index in [2.05, 4.69) is 198 Å². The standard InChI is InChI=1S/C50H34N2S/c1-33-17-5-4-16-28-51(34-18-6-2-7-19-34)46-32-49-44(30-38(33)46)50(42-25-13-15-27-48(42)53-49)41-24-12-10-22-36(41)39-29-40-37-23-11-14-26-45(37)52(47(40)31-43(39)50)35-20-8-3-9-21-35/h2-27,29-32H,1,28H2/b16-4-,17-5-. The van der Waals surface area contributed by atoms with E-state index >= 15 is 0 Å². The van der Waals surface area contributed by atoms with Crippen LogP contribution in [0.25, 0.3) is 44.2 Å². The minimum Gasteiger partial charge on any atom is -0.337 e. The summed E-state index contributed by atoms with van der Waals surface area (Å²) in [6, 6.07) is 58.5. The Morgan fingerprint density at radius 3 is 2.08 bits per heavy atom.